The van der Waals surface area contributed by atoms with Gasteiger partial charge in [0.1, 0.15) is 6.07 Å². The summed E-state index contributed by atoms with van der Waals surface area (Å²) in [6, 6.07) is 6.67. The molecule has 1 atom stereocenters. The summed E-state index contributed by atoms with van der Waals surface area (Å²) in [6.45, 7) is 0.793. The molecule has 1 saturated heterocycles. The van der Waals surface area contributed by atoms with E-state index in [-0.39, 0.29) is 16.7 Å². The highest BCUT2D eigenvalue weighted by atomic mass is 32.2. The summed E-state index contributed by atoms with van der Waals surface area (Å²) in [5, 5.41) is 8.37. The summed E-state index contributed by atoms with van der Waals surface area (Å²) in [7, 11) is -3.86. The second kappa shape index (κ2) is 5.98. The van der Waals surface area contributed by atoms with Crippen molar-refractivity contribution in [3.05, 3.63) is 42.0 Å². The molecular formula is C14H13FN4O3S. The van der Waals surface area contributed by atoms with Gasteiger partial charge in [0, 0.05) is 25.3 Å². The van der Waals surface area contributed by atoms with Crippen LogP contribution in [0, 0.1) is 17.1 Å². The Kier molecular flexibility index (Phi) is 4.02. The second-order valence-electron chi connectivity index (χ2n) is 5.09. The minimum Gasteiger partial charge on any atom is -0.433 e. The molecule has 2 aromatic rings. The van der Waals surface area contributed by atoms with E-state index in [4.69, 9.17) is 9.68 Å². The van der Waals surface area contributed by atoms with Gasteiger partial charge in [0.15, 0.2) is 11.6 Å². The highest BCUT2D eigenvalue weighted by Crippen LogP contribution is 2.22. The Labute approximate surface area is 132 Å². The van der Waals surface area contributed by atoms with Crippen LogP contribution in [0.3, 0.4) is 0 Å². The number of pyridine rings is 1. The van der Waals surface area contributed by atoms with E-state index in [1.54, 1.807) is 11.0 Å². The van der Waals surface area contributed by atoms with Crippen molar-refractivity contribution in [1.82, 2.24) is 9.71 Å². The van der Waals surface area contributed by atoms with Crippen molar-refractivity contribution >= 4 is 15.8 Å². The van der Waals surface area contributed by atoms with E-state index < -0.39 is 21.9 Å². The fraction of sp³-hybridized carbons (Fsp3) is 0.286. The first-order chi connectivity index (χ1) is 11.0. The van der Waals surface area contributed by atoms with Gasteiger partial charge in [-0.2, -0.15) is 5.26 Å². The number of aromatic nitrogens is 1. The van der Waals surface area contributed by atoms with Crippen LogP contribution in [0.5, 0.6) is 0 Å². The van der Waals surface area contributed by atoms with Crippen molar-refractivity contribution in [3.8, 4) is 6.07 Å². The topological polar surface area (TPSA) is 99.2 Å². The van der Waals surface area contributed by atoms with E-state index in [1.807, 2.05) is 0 Å². The average Bonchev–Trinajstić information content (AvgIpc) is 3.16. The SMILES string of the molecule is N#Cc1ccc(S(=O)(=O)NC2CCN(c3ncccc3F)C2)o1. The maximum absolute atomic E-state index is 13.7. The molecule has 0 spiro atoms. The summed E-state index contributed by atoms with van der Waals surface area (Å²) < 4.78 is 45.6. The minimum atomic E-state index is -3.86. The van der Waals surface area contributed by atoms with Gasteiger partial charge in [-0.1, -0.05) is 0 Å². The van der Waals surface area contributed by atoms with E-state index in [0.717, 1.165) is 0 Å². The van der Waals surface area contributed by atoms with Gasteiger partial charge in [0.25, 0.3) is 10.0 Å². The number of nitrogens with zero attached hydrogens (tertiary/aromatic N) is 3. The predicted molar refractivity (Wildman–Crippen MR) is 78.6 cm³/mol. The zero-order valence-corrected chi connectivity index (χ0v) is 12.8. The molecule has 0 aromatic carbocycles. The van der Waals surface area contributed by atoms with E-state index in [1.165, 1.54) is 30.5 Å². The predicted octanol–water partition coefficient (Wildman–Crippen LogP) is 1.24. The third-order valence-corrected chi connectivity index (χ3v) is 4.90. The summed E-state index contributed by atoms with van der Waals surface area (Å²) in [6.07, 6.45) is 2.00. The van der Waals surface area contributed by atoms with Crippen LogP contribution in [0.1, 0.15) is 12.2 Å². The molecule has 3 rings (SSSR count). The highest BCUT2D eigenvalue weighted by molar-refractivity contribution is 7.89. The molecule has 120 valence electrons. The fourth-order valence-corrected chi connectivity index (χ4v) is 3.66. The lowest BCUT2D eigenvalue weighted by Crippen LogP contribution is -2.37. The molecule has 0 amide bonds. The van der Waals surface area contributed by atoms with Crippen molar-refractivity contribution in [1.29, 1.82) is 5.26 Å². The lowest BCUT2D eigenvalue weighted by molar-refractivity contribution is 0.433. The fourth-order valence-electron chi connectivity index (χ4n) is 2.46. The average molecular weight is 336 g/mol. The maximum atomic E-state index is 13.7. The molecule has 1 aliphatic heterocycles. The zero-order valence-electron chi connectivity index (χ0n) is 11.9. The summed E-state index contributed by atoms with van der Waals surface area (Å²) >= 11 is 0. The first kappa shape index (κ1) is 15.5. The molecule has 23 heavy (non-hydrogen) atoms. The first-order valence-electron chi connectivity index (χ1n) is 6.87. The number of anilines is 1. The maximum Gasteiger partial charge on any atom is 0.274 e. The van der Waals surface area contributed by atoms with Crippen LogP contribution in [-0.2, 0) is 10.0 Å². The molecule has 0 aliphatic carbocycles. The smallest absolute Gasteiger partial charge is 0.274 e. The summed E-state index contributed by atoms with van der Waals surface area (Å²) in [5.74, 6) is -0.311. The highest BCUT2D eigenvalue weighted by Gasteiger charge is 2.30. The molecule has 1 fully saturated rings. The van der Waals surface area contributed by atoms with Crippen molar-refractivity contribution < 1.29 is 17.2 Å². The number of sulfonamides is 1. The lowest BCUT2D eigenvalue weighted by Gasteiger charge is -2.18. The summed E-state index contributed by atoms with van der Waals surface area (Å²) in [5.41, 5.74) is 0. The molecule has 1 N–H and O–H groups in total. The number of nitrogens with one attached hydrogen (secondary N) is 1. The first-order valence-corrected chi connectivity index (χ1v) is 8.35. The van der Waals surface area contributed by atoms with Gasteiger partial charge in [-0.15, -0.1) is 0 Å². The summed E-state index contributed by atoms with van der Waals surface area (Å²) in [4.78, 5) is 5.67. The van der Waals surface area contributed by atoms with Crippen LogP contribution in [0.15, 0.2) is 40.0 Å². The third kappa shape index (κ3) is 3.18. The Bertz CT molecular complexity index is 859. The molecule has 7 nitrogen and oxygen atoms in total. The van der Waals surface area contributed by atoms with Crippen LogP contribution >= 0.6 is 0 Å². The van der Waals surface area contributed by atoms with Crippen molar-refractivity contribution in [2.75, 3.05) is 18.0 Å². The normalized spacial score (nSPS) is 18.1. The van der Waals surface area contributed by atoms with E-state index in [9.17, 15) is 12.8 Å². The second-order valence-corrected chi connectivity index (χ2v) is 6.74. The quantitative estimate of drug-likeness (QED) is 0.902. The van der Waals surface area contributed by atoms with Gasteiger partial charge >= 0.3 is 0 Å². The van der Waals surface area contributed by atoms with Crippen LogP contribution < -0.4 is 9.62 Å². The number of nitriles is 1. The van der Waals surface area contributed by atoms with Gasteiger partial charge in [0.05, 0.1) is 0 Å². The van der Waals surface area contributed by atoms with Gasteiger partial charge < -0.3 is 9.32 Å². The Morgan fingerprint density at radius 2 is 2.26 bits per heavy atom. The van der Waals surface area contributed by atoms with Gasteiger partial charge in [-0.25, -0.2) is 22.5 Å². The number of rotatable bonds is 4. The van der Waals surface area contributed by atoms with Gasteiger partial charge in [0.2, 0.25) is 10.9 Å². The van der Waals surface area contributed by atoms with E-state index >= 15 is 0 Å². The van der Waals surface area contributed by atoms with Crippen LogP contribution in [0.2, 0.25) is 0 Å². The molecule has 1 aliphatic rings. The van der Waals surface area contributed by atoms with Gasteiger partial charge in [-0.05, 0) is 30.7 Å². The van der Waals surface area contributed by atoms with Crippen molar-refractivity contribution in [2.45, 2.75) is 17.6 Å². The number of hydrogen-bond donors (Lipinski definition) is 1. The molecule has 1 unspecified atom stereocenters. The number of halogens is 1. The van der Waals surface area contributed by atoms with E-state index in [0.29, 0.717) is 19.5 Å². The largest absolute Gasteiger partial charge is 0.433 e. The number of furan rings is 1. The minimum absolute atomic E-state index is 0.0750. The van der Waals surface area contributed by atoms with Gasteiger partial charge in [-0.3, -0.25) is 0 Å². The Hall–Kier alpha value is -2.44. The van der Waals surface area contributed by atoms with E-state index in [2.05, 4.69) is 9.71 Å². The Morgan fingerprint density at radius 1 is 1.43 bits per heavy atom. The Morgan fingerprint density at radius 3 is 2.96 bits per heavy atom. The lowest BCUT2D eigenvalue weighted by atomic mass is 10.3. The standard InChI is InChI=1S/C14H13FN4O3S/c15-12-2-1-6-17-14(12)19-7-5-10(9-19)18-23(20,21)13-4-3-11(8-16)22-13/h1-4,6,10,18H,5,7,9H2. The van der Waals surface area contributed by atoms with Crippen LogP contribution in [0.4, 0.5) is 10.2 Å². The van der Waals surface area contributed by atoms with Crippen LogP contribution in [-0.4, -0.2) is 32.5 Å². The third-order valence-electron chi connectivity index (χ3n) is 3.51. The molecule has 0 radical (unpaired) electrons. The zero-order chi connectivity index (χ0) is 16.4. The molecular weight excluding hydrogens is 323 g/mol. The van der Waals surface area contributed by atoms with Crippen molar-refractivity contribution in [3.63, 3.8) is 0 Å². The molecule has 0 bridgehead atoms. The molecule has 3 heterocycles. The van der Waals surface area contributed by atoms with Crippen LogP contribution in [0.25, 0.3) is 0 Å². The monoisotopic (exact) mass is 336 g/mol. The molecule has 0 saturated carbocycles. The van der Waals surface area contributed by atoms with Crippen molar-refractivity contribution in [2.24, 2.45) is 0 Å². The molecule has 2 aromatic heterocycles. The Balaban J connectivity index is 1.70. The number of hydrogen-bond acceptors (Lipinski definition) is 6. The molecule has 9 heteroatoms.